The Labute approximate surface area is 171 Å². The van der Waals surface area contributed by atoms with Gasteiger partial charge in [0.2, 0.25) is 17.7 Å². The number of carbonyl (C=O) groups excluding carboxylic acids is 3. The summed E-state index contributed by atoms with van der Waals surface area (Å²) in [6, 6.07) is 15.1. The van der Waals surface area contributed by atoms with Gasteiger partial charge in [0.1, 0.15) is 5.54 Å². The number of aliphatic carboxylic acids is 1. The van der Waals surface area contributed by atoms with Crippen molar-refractivity contribution in [3.8, 4) is 0 Å². The number of carbonyl (C=O) groups is 4. The molecule has 2 aromatic rings. The summed E-state index contributed by atoms with van der Waals surface area (Å²) in [5.41, 5.74) is 0.242. The molecule has 3 aliphatic heterocycles. The van der Waals surface area contributed by atoms with Crippen LogP contribution in [0, 0.1) is 11.8 Å². The number of hydrogen-bond acceptors (Lipinski definition) is 5. The highest BCUT2D eigenvalue weighted by Gasteiger charge is 2.70. The highest BCUT2D eigenvalue weighted by Crippen LogP contribution is 2.53. The third-order valence-electron chi connectivity index (χ3n) is 6.31. The van der Waals surface area contributed by atoms with Crippen LogP contribution >= 0.6 is 0 Å². The molecule has 5 rings (SSSR count). The van der Waals surface area contributed by atoms with E-state index in [2.05, 4.69) is 10.6 Å². The third kappa shape index (κ3) is 2.37. The van der Waals surface area contributed by atoms with E-state index in [0.717, 1.165) is 4.90 Å². The maximum Gasteiger partial charge on any atom is 0.303 e. The topological polar surface area (TPSA) is 116 Å². The molecule has 2 aromatic carbocycles. The molecule has 152 valence electrons. The molecule has 0 bridgehead atoms. The van der Waals surface area contributed by atoms with Crippen LogP contribution in [-0.4, -0.2) is 34.8 Å². The normalized spacial score (nSPS) is 29.3. The Morgan fingerprint density at radius 2 is 1.70 bits per heavy atom. The number of carboxylic acid groups (broad SMARTS) is 1. The summed E-state index contributed by atoms with van der Waals surface area (Å²) in [6.07, 6.45) is -0.0393. The average molecular weight is 405 g/mol. The smallest absolute Gasteiger partial charge is 0.303 e. The quantitative estimate of drug-likeness (QED) is 0.664. The highest BCUT2D eigenvalue weighted by molar-refractivity contribution is 6.25. The van der Waals surface area contributed by atoms with Crippen molar-refractivity contribution in [2.45, 2.75) is 24.4 Å². The van der Waals surface area contributed by atoms with Crippen molar-refractivity contribution >= 4 is 35.1 Å². The predicted molar refractivity (Wildman–Crippen MR) is 106 cm³/mol. The first kappa shape index (κ1) is 18.5. The van der Waals surface area contributed by atoms with Gasteiger partial charge in [-0.25, -0.2) is 4.90 Å². The number of nitrogens with zero attached hydrogens (tertiary/aromatic N) is 1. The fourth-order valence-electron chi connectivity index (χ4n) is 5.12. The van der Waals surface area contributed by atoms with E-state index in [-0.39, 0.29) is 12.8 Å². The van der Waals surface area contributed by atoms with E-state index in [1.165, 1.54) is 0 Å². The molecule has 3 heterocycles. The monoisotopic (exact) mass is 405 g/mol. The van der Waals surface area contributed by atoms with Gasteiger partial charge in [-0.1, -0.05) is 36.4 Å². The fourth-order valence-corrected chi connectivity index (χ4v) is 5.12. The van der Waals surface area contributed by atoms with Crippen LogP contribution in [-0.2, 0) is 24.7 Å². The summed E-state index contributed by atoms with van der Waals surface area (Å²) < 4.78 is 0. The molecule has 0 aromatic heterocycles. The van der Waals surface area contributed by atoms with E-state index in [1.807, 2.05) is 0 Å². The summed E-state index contributed by atoms with van der Waals surface area (Å²) in [7, 11) is 0. The van der Waals surface area contributed by atoms with Crippen molar-refractivity contribution in [3.05, 3.63) is 60.2 Å². The third-order valence-corrected chi connectivity index (χ3v) is 6.31. The Morgan fingerprint density at radius 1 is 1.00 bits per heavy atom. The zero-order valence-corrected chi connectivity index (χ0v) is 15.9. The SMILES string of the molecule is O=C(O)CCC1NC2(C(=O)Nc3ccccc32)C2C(=O)N(c3ccccc3)C(=O)C12. The molecule has 30 heavy (non-hydrogen) atoms. The second kappa shape index (κ2) is 6.50. The maximum atomic E-state index is 13.6. The molecule has 4 atom stereocenters. The van der Waals surface area contributed by atoms with Crippen LogP contribution in [0.1, 0.15) is 18.4 Å². The average Bonchev–Trinajstić information content (AvgIpc) is 3.32. The number of para-hydroxylation sites is 2. The minimum atomic E-state index is -1.40. The van der Waals surface area contributed by atoms with Crippen molar-refractivity contribution in [2.24, 2.45) is 11.8 Å². The van der Waals surface area contributed by atoms with Crippen molar-refractivity contribution in [3.63, 3.8) is 0 Å². The molecular weight excluding hydrogens is 386 g/mol. The van der Waals surface area contributed by atoms with E-state index in [4.69, 9.17) is 5.11 Å². The van der Waals surface area contributed by atoms with E-state index >= 15 is 0 Å². The van der Waals surface area contributed by atoms with Gasteiger partial charge < -0.3 is 10.4 Å². The summed E-state index contributed by atoms with van der Waals surface area (Å²) in [4.78, 5) is 52.5. The zero-order chi connectivity index (χ0) is 21.0. The summed E-state index contributed by atoms with van der Waals surface area (Å²) in [5.74, 6) is -4.03. The first-order valence-electron chi connectivity index (χ1n) is 9.78. The lowest BCUT2D eigenvalue weighted by Crippen LogP contribution is -2.53. The lowest BCUT2D eigenvalue weighted by Gasteiger charge is -2.29. The molecule has 3 aliphatic rings. The molecule has 0 radical (unpaired) electrons. The van der Waals surface area contributed by atoms with Crippen molar-refractivity contribution in [1.82, 2.24) is 5.32 Å². The number of carboxylic acids is 1. The highest BCUT2D eigenvalue weighted by atomic mass is 16.4. The Hall–Kier alpha value is -3.52. The molecule has 0 aliphatic carbocycles. The molecule has 3 N–H and O–H groups in total. The lowest BCUT2D eigenvalue weighted by atomic mass is 9.76. The number of nitrogens with one attached hydrogen (secondary N) is 2. The Bertz CT molecular complexity index is 1090. The number of imide groups is 1. The van der Waals surface area contributed by atoms with Crippen LogP contribution in [0.4, 0.5) is 11.4 Å². The van der Waals surface area contributed by atoms with Gasteiger partial charge in [0.25, 0.3) is 0 Å². The van der Waals surface area contributed by atoms with Crippen LogP contribution in [0.25, 0.3) is 0 Å². The number of fused-ring (bicyclic) bond motifs is 4. The van der Waals surface area contributed by atoms with Crippen molar-refractivity contribution < 1.29 is 24.3 Å². The van der Waals surface area contributed by atoms with Crippen LogP contribution < -0.4 is 15.5 Å². The van der Waals surface area contributed by atoms with Crippen LogP contribution in [0.5, 0.6) is 0 Å². The first-order chi connectivity index (χ1) is 14.4. The van der Waals surface area contributed by atoms with Crippen molar-refractivity contribution in [2.75, 3.05) is 10.2 Å². The van der Waals surface area contributed by atoms with Gasteiger partial charge in [0.15, 0.2) is 0 Å². The minimum absolute atomic E-state index is 0.134. The standard InChI is InChI=1S/C22H19N3O5/c26-16(27)11-10-15-17-18(20(29)25(19(17)28)12-6-2-1-3-7-12)22(24-15)13-8-4-5-9-14(13)23-21(22)30/h1-9,15,17-18,24H,10-11H2,(H,23,30)(H,26,27). The number of amides is 3. The molecule has 2 saturated heterocycles. The van der Waals surface area contributed by atoms with E-state index in [1.54, 1.807) is 54.6 Å². The maximum absolute atomic E-state index is 13.6. The molecule has 0 saturated carbocycles. The van der Waals surface area contributed by atoms with E-state index < -0.39 is 47.1 Å². The summed E-state index contributed by atoms with van der Waals surface area (Å²) in [5, 5.41) is 15.2. The predicted octanol–water partition coefficient (Wildman–Crippen LogP) is 1.48. The molecule has 3 amide bonds. The second-order valence-electron chi connectivity index (χ2n) is 7.84. The van der Waals surface area contributed by atoms with Gasteiger partial charge in [-0.15, -0.1) is 0 Å². The van der Waals surface area contributed by atoms with Crippen molar-refractivity contribution in [1.29, 1.82) is 0 Å². The molecular formula is C22H19N3O5. The van der Waals surface area contributed by atoms with Gasteiger partial charge in [-0.2, -0.15) is 0 Å². The van der Waals surface area contributed by atoms with Gasteiger partial charge >= 0.3 is 5.97 Å². The minimum Gasteiger partial charge on any atom is -0.481 e. The summed E-state index contributed by atoms with van der Waals surface area (Å²) >= 11 is 0. The second-order valence-corrected chi connectivity index (χ2v) is 7.84. The van der Waals surface area contributed by atoms with Gasteiger partial charge in [-0.05, 0) is 24.6 Å². The molecule has 8 nitrogen and oxygen atoms in total. The number of hydrogen-bond donors (Lipinski definition) is 3. The van der Waals surface area contributed by atoms with Gasteiger partial charge in [0, 0.05) is 23.7 Å². The Morgan fingerprint density at radius 3 is 2.43 bits per heavy atom. The number of benzene rings is 2. The van der Waals surface area contributed by atoms with Crippen LogP contribution in [0.2, 0.25) is 0 Å². The largest absolute Gasteiger partial charge is 0.481 e. The lowest BCUT2D eigenvalue weighted by molar-refractivity contribution is -0.137. The van der Waals surface area contributed by atoms with E-state index in [9.17, 15) is 19.2 Å². The van der Waals surface area contributed by atoms with E-state index in [0.29, 0.717) is 16.9 Å². The molecule has 4 unspecified atom stereocenters. The molecule has 2 fully saturated rings. The summed E-state index contributed by atoms with van der Waals surface area (Å²) in [6.45, 7) is 0. The first-order valence-corrected chi connectivity index (χ1v) is 9.78. The fraction of sp³-hybridized carbons (Fsp3) is 0.273. The van der Waals surface area contributed by atoms with Crippen LogP contribution in [0.15, 0.2) is 54.6 Å². The van der Waals surface area contributed by atoms with Gasteiger partial charge in [-0.3, -0.25) is 24.5 Å². The van der Waals surface area contributed by atoms with Gasteiger partial charge in [0.05, 0.1) is 17.5 Å². The molecule has 8 heteroatoms. The number of rotatable bonds is 4. The van der Waals surface area contributed by atoms with Crippen LogP contribution in [0.3, 0.4) is 0 Å². The Balaban J connectivity index is 1.65. The Kier molecular flexibility index (Phi) is 4.01. The molecule has 1 spiro atoms. The number of anilines is 2. The zero-order valence-electron chi connectivity index (χ0n) is 15.9.